The summed E-state index contributed by atoms with van der Waals surface area (Å²) in [6.07, 6.45) is 25.8. The average molecular weight is 1830 g/mol. The fraction of sp³-hybridized carbons (Fsp3) is 0.723. The summed E-state index contributed by atoms with van der Waals surface area (Å²) < 4.78 is 21.1. The molecule has 0 heterocycles. The Bertz CT molecular complexity index is 3360. The molecule has 35 heteroatoms. The van der Waals surface area contributed by atoms with Gasteiger partial charge in [0, 0.05) is 158 Å². The van der Waals surface area contributed by atoms with Gasteiger partial charge in [-0.25, -0.2) is 19.2 Å². The van der Waals surface area contributed by atoms with Crippen molar-refractivity contribution >= 4 is 83.4 Å². The standard InChI is InChI=1S/C43H64N6O8.C18H35N3O4.C13H27N3O2.C12H24N2O3.C7H16N2O.CH5N/c1-43(2,3)57-42(55)48-28-29-49(30-39(52)46-26-16-6-9-23-38(51)45-25-15-5-8-22-37(50)44-4)40(53)24-10-7-17-27-47-41(54)56-31-36-34-20-13-11-18-32(34)33-19-12-14-21-35(33)36;1-18(2,3)25-17(24)21-14-10-6-8-12-16(23)20-13-9-5-7-11-15(22)19-4;1-15-12(17)8-5-3-7-11-16-13(18)9-4-2-6-10-14;1-12(2,3)17-11(16)14-9-7-5-6-8-10(15)13-4;1-9-7(10)5-3-2-4-6-8;1-2/h11-14,18-21,36H,5-10,15-17,22-31H2,1-4H3,(H,44,50)(H,45,51)(H,46,52)(H,47,54)(H,48,55);5-14H2,1-4H3,(H,19,22)(H,20,23)(H,21,24);2-11,14H2,1H3,(H,15,17)(H,16,18);5-9H2,1-4H3,(H,13,15)(H,14,16);2-6,8H2,1H3,(H,9,10);2H2,1H3. The van der Waals surface area contributed by atoms with Crippen LogP contribution in [0.5, 0.6) is 0 Å². The lowest BCUT2D eigenvalue weighted by Gasteiger charge is -2.24. The van der Waals surface area contributed by atoms with E-state index in [-0.39, 0.29) is 104 Å². The summed E-state index contributed by atoms with van der Waals surface area (Å²) in [4.78, 5) is 165. The molecule has 14 amide bonds. The Balaban J connectivity index is -0.00000180. The zero-order valence-electron chi connectivity index (χ0n) is 81.4. The number of unbranched alkanes of at least 4 members (excludes halogenated alkanes) is 18. The van der Waals surface area contributed by atoms with Crippen LogP contribution >= 0.6 is 0 Å². The minimum absolute atomic E-state index is 0.00800. The Hall–Kier alpha value is -9.90. The van der Waals surface area contributed by atoms with Gasteiger partial charge < -0.3 is 110 Å². The number of alkyl carbamates (subject to hydrolysis) is 4. The Morgan fingerprint density at radius 3 is 0.814 bits per heavy atom. The highest BCUT2D eigenvalue weighted by atomic mass is 16.6. The number of rotatable bonds is 59. The molecule has 1 aliphatic rings. The maximum absolute atomic E-state index is 13.2. The highest BCUT2D eigenvalue weighted by Crippen LogP contribution is 2.44. The van der Waals surface area contributed by atoms with Gasteiger partial charge >= 0.3 is 24.4 Å². The van der Waals surface area contributed by atoms with Gasteiger partial charge in [0.1, 0.15) is 23.4 Å². The first-order valence-electron chi connectivity index (χ1n) is 46.8. The van der Waals surface area contributed by atoms with E-state index in [9.17, 15) is 67.1 Å². The van der Waals surface area contributed by atoms with Crippen molar-refractivity contribution in [2.75, 3.05) is 127 Å². The molecule has 1 aliphatic carbocycles. The molecule has 0 aliphatic heterocycles. The topological polar surface area (TPSA) is 514 Å². The van der Waals surface area contributed by atoms with Gasteiger partial charge in [-0.05, 0) is 220 Å². The molecule has 0 radical (unpaired) electrons. The van der Waals surface area contributed by atoms with Gasteiger partial charge in [0.15, 0.2) is 0 Å². The number of ether oxygens (including phenoxy) is 4. The normalized spacial score (nSPS) is 10.9. The van der Waals surface area contributed by atoms with E-state index in [1.54, 1.807) is 56.0 Å². The lowest BCUT2D eigenvalue weighted by Crippen LogP contribution is -2.45. The van der Waals surface area contributed by atoms with Gasteiger partial charge in [-0.3, -0.25) is 47.9 Å². The van der Waals surface area contributed by atoms with E-state index in [0.717, 1.165) is 159 Å². The van der Waals surface area contributed by atoms with Crippen LogP contribution in [0.2, 0.25) is 0 Å². The molecule has 0 saturated carbocycles. The van der Waals surface area contributed by atoms with Crippen molar-refractivity contribution in [2.45, 2.75) is 316 Å². The summed E-state index contributed by atoms with van der Waals surface area (Å²) >= 11 is 0. The maximum atomic E-state index is 13.2. The molecule has 0 bridgehead atoms. The summed E-state index contributed by atoms with van der Waals surface area (Å²) in [7, 11) is 9.69. The molecule has 19 N–H and O–H groups in total. The highest BCUT2D eigenvalue weighted by molar-refractivity contribution is 5.85. The Morgan fingerprint density at radius 1 is 0.295 bits per heavy atom. The number of nitrogens with two attached hydrogens (primary N) is 3. The number of fused-ring (bicyclic) bond motifs is 3. The molecule has 2 aromatic carbocycles. The molecule has 0 spiro atoms. The highest BCUT2D eigenvalue weighted by Gasteiger charge is 2.30. The van der Waals surface area contributed by atoms with Crippen LogP contribution < -0.4 is 86.3 Å². The van der Waals surface area contributed by atoms with Crippen LogP contribution in [-0.2, 0) is 66.9 Å². The second-order valence-corrected chi connectivity index (χ2v) is 34.0. The molecule has 0 unspecified atom stereocenters. The van der Waals surface area contributed by atoms with E-state index in [0.29, 0.717) is 136 Å². The largest absolute Gasteiger partial charge is 0.449 e. The molecule has 35 nitrogen and oxygen atoms in total. The number of benzene rings is 2. The van der Waals surface area contributed by atoms with Crippen molar-refractivity contribution in [1.29, 1.82) is 0 Å². The van der Waals surface area contributed by atoms with Gasteiger partial charge in [0.25, 0.3) is 0 Å². The van der Waals surface area contributed by atoms with E-state index in [2.05, 4.69) is 99.1 Å². The zero-order valence-corrected chi connectivity index (χ0v) is 81.4. The van der Waals surface area contributed by atoms with Crippen molar-refractivity contribution in [3.63, 3.8) is 0 Å². The number of hydrogen-bond donors (Lipinski definition) is 16. The SMILES string of the molecule is CN.CNC(=O)CCCCCN.CNC(=O)CCCCCNC(=O)CCCCCN.CNC(=O)CCCCCNC(=O)CCCCCNC(=O)CN(CCNC(=O)OC(C)(C)C)C(=O)CCCCCNC(=O)OCC1c2ccccc2-c2ccccc21.CNC(=O)CCCCCNC(=O)CCCCCNC(=O)OC(C)(C)C.CNC(=O)CCCCCNC(=O)OC(C)(C)C. The predicted molar refractivity (Wildman–Crippen MR) is 509 cm³/mol. The van der Waals surface area contributed by atoms with Crippen LogP contribution in [0.3, 0.4) is 0 Å². The molecule has 3 rings (SSSR count). The van der Waals surface area contributed by atoms with Crippen molar-refractivity contribution in [3.05, 3.63) is 59.7 Å². The summed E-state index contributed by atoms with van der Waals surface area (Å²) in [5.74, 6) is -0.00191. The lowest BCUT2D eigenvalue weighted by atomic mass is 9.98. The third kappa shape index (κ3) is 77.7. The quantitative estimate of drug-likeness (QED) is 0.0216. The van der Waals surface area contributed by atoms with E-state index in [4.69, 9.17) is 30.4 Å². The fourth-order valence-corrected chi connectivity index (χ4v) is 12.3. The molecule has 0 saturated heterocycles. The van der Waals surface area contributed by atoms with E-state index >= 15 is 0 Å². The van der Waals surface area contributed by atoms with Gasteiger partial charge in [0.05, 0.1) is 6.54 Å². The molecule has 0 atom stereocenters. The first kappa shape index (κ1) is 123. The summed E-state index contributed by atoms with van der Waals surface area (Å²) in [6, 6.07) is 16.3. The predicted octanol–water partition coefficient (Wildman–Crippen LogP) is 10.6. The first-order valence-corrected chi connectivity index (χ1v) is 46.8. The summed E-state index contributed by atoms with van der Waals surface area (Å²) in [5, 5.41) is 35.3. The van der Waals surface area contributed by atoms with Gasteiger partial charge in [0.2, 0.25) is 59.1 Å². The summed E-state index contributed by atoms with van der Waals surface area (Å²) in [6.45, 7) is 22.0. The number of amides is 14. The van der Waals surface area contributed by atoms with Crippen LogP contribution in [0.1, 0.15) is 311 Å². The average Bonchev–Trinajstić information content (AvgIpc) is 1.62. The number of carbonyl (C=O) groups is 14. The van der Waals surface area contributed by atoms with Crippen molar-refractivity contribution in [1.82, 2.24) is 74.0 Å². The van der Waals surface area contributed by atoms with Gasteiger partial charge in [-0.15, -0.1) is 0 Å². The number of nitrogens with zero attached hydrogens (tertiary/aromatic N) is 1. The Kier molecular flexibility index (Phi) is 76.6. The minimum Gasteiger partial charge on any atom is -0.449 e. The first-order chi connectivity index (χ1) is 61.5. The van der Waals surface area contributed by atoms with E-state index < -0.39 is 35.1 Å². The van der Waals surface area contributed by atoms with Crippen molar-refractivity contribution < 1.29 is 86.1 Å². The van der Waals surface area contributed by atoms with Gasteiger partial charge in [-0.2, -0.15) is 0 Å². The third-order valence-corrected chi connectivity index (χ3v) is 19.1. The molecule has 740 valence electrons. The van der Waals surface area contributed by atoms with Crippen LogP contribution in [-0.4, -0.2) is 233 Å². The molecular weight excluding hydrogens is 1660 g/mol. The molecular formula is C94H171N17O18. The monoisotopic (exact) mass is 1830 g/mol. The van der Waals surface area contributed by atoms with Crippen LogP contribution in [0.15, 0.2) is 48.5 Å². The lowest BCUT2D eigenvalue weighted by molar-refractivity contribution is -0.136. The fourth-order valence-electron chi connectivity index (χ4n) is 12.3. The van der Waals surface area contributed by atoms with Crippen LogP contribution in [0, 0.1) is 0 Å². The van der Waals surface area contributed by atoms with E-state index in [1.807, 2.05) is 65.8 Å². The number of carbonyl (C=O) groups excluding carboxylic acids is 14. The molecule has 129 heavy (non-hydrogen) atoms. The maximum Gasteiger partial charge on any atom is 0.407 e. The summed E-state index contributed by atoms with van der Waals surface area (Å²) in [5.41, 5.74) is 18.2. The van der Waals surface area contributed by atoms with Crippen LogP contribution in [0.4, 0.5) is 19.2 Å². The Labute approximate surface area is 771 Å². The third-order valence-electron chi connectivity index (χ3n) is 19.1. The number of hydrogen-bond acceptors (Lipinski definition) is 21. The van der Waals surface area contributed by atoms with Gasteiger partial charge in [-0.1, -0.05) is 106 Å². The molecule has 0 aromatic heterocycles. The zero-order chi connectivity index (χ0) is 97.4. The number of nitrogens with one attached hydrogen (secondary N) is 13. The minimum atomic E-state index is -0.668. The smallest absolute Gasteiger partial charge is 0.407 e. The Morgan fingerprint density at radius 2 is 0.535 bits per heavy atom. The second kappa shape index (κ2) is 80.2. The van der Waals surface area contributed by atoms with Crippen LogP contribution in [0.25, 0.3) is 11.1 Å². The van der Waals surface area contributed by atoms with Crippen molar-refractivity contribution in [2.24, 2.45) is 17.2 Å². The molecule has 0 fully saturated rings. The van der Waals surface area contributed by atoms with Crippen molar-refractivity contribution in [3.8, 4) is 11.1 Å². The molecule has 2 aromatic rings. The second-order valence-electron chi connectivity index (χ2n) is 34.0. The van der Waals surface area contributed by atoms with E-state index in [1.165, 1.54) is 23.1 Å².